The highest BCUT2D eigenvalue weighted by Gasteiger charge is 2.22. The van der Waals surface area contributed by atoms with E-state index in [1.54, 1.807) is 4.90 Å². The lowest BCUT2D eigenvalue weighted by molar-refractivity contribution is -0.129. The van der Waals surface area contributed by atoms with Gasteiger partial charge < -0.3 is 15.1 Å². The van der Waals surface area contributed by atoms with Crippen LogP contribution in [-0.4, -0.2) is 54.0 Å². The molecule has 6 nitrogen and oxygen atoms in total. The minimum Gasteiger partial charge on any atom is -0.370 e. The molecule has 17 heavy (non-hydrogen) atoms. The molecule has 1 saturated heterocycles. The highest BCUT2D eigenvalue weighted by molar-refractivity contribution is 5.82. The minimum atomic E-state index is 0.125. The van der Waals surface area contributed by atoms with Crippen molar-refractivity contribution in [1.29, 1.82) is 0 Å². The fraction of sp³-hybridized carbons (Fsp3) is 0.545. The van der Waals surface area contributed by atoms with Crippen molar-refractivity contribution < 1.29 is 4.79 Å². The second kappa shape index (κ2) is 4.99. The summed E-state index contributed by atoms with van der Waals surface area (Å²) in [7, 11) is 1.82. The molecule has 0 bridgehead atoms. The molecule has 6 heteroatoms. The third-order valence-electron chi connectivity index (χ3n) is 2.79. The van der Waals surface area contributed by atoms with Crippen molar-refractivity contribution in [3.8, 4) is 0 Å². The van der Waals surface area contributed by atoms with Crippen LogP contribution in [0, 0.1) is 0 Å². The average Bonchev–Trinajstić information content (AvgIpc) is 2.33. The Morgan fingerprint density at radius 2 is 2.24 bits per heavy atom. The van der Waals surface area contributed by atoms with Gasteiger partial charge in [-0.15, -0.1) is 0 Å². The van der Waals surface area contributed by atoms with E-state index in [2.05, 4.69) is 15.3 Å². The number of rotatable bonds is 3. The number of piperazine rings is 1. The summed E-state index contributed by atoms with van der Waals surface area (Å²) in [5.41, 5.74) is 0. The van der Waals surface area contributed by atoms with Crippen LogP contribution >= 0.6 is 0 Å². The van der Waals surface area contributed by atoms with E-state index in [0.717, 1.165) is 31.3 Å². The number of carbonyl (C=O) groups excluding carboxylic acids is 1. The summed E-state index contributed by atoms with van der Waals surface area (Å²) in [4.78, 5) is 23.7. The Balaban J connectivity index is 2.11. The summed E-state index contributed by atoms with van der Waals surface area (Å²) in [6.45, 7) is 4.77. The Morgan fingerprint density at radius 3 is 2.94 bits per heavy atom. The molecule has 1 amide bonds. The van der Waals surface area contributed by atoms with Gasteiger partial charge in [-0.2, -0.15) is 0 Å². The zero-order valence-corrected chi connectivity index (χ0v) is 10.2. The van der Waals surface area contributed by atoms with E-state index in [1.165, 1.54) is 6.33 Å². The number of likely N-dealkylation sites (N-methyl/N-ethyl adjacent to an activating group) is 1. The SMILES string of the molecule is CCNc1cc(N2CCN(C)C(=O)C2)ncn1. The lowest BCUT2D eigenvalue weighted by Gasteiger charge is -2.32. The van der Waals surface area contributed by atoms with Crippen molar-refractivity contribution in [2.75, 3.05) is 43.4 Å². The Labute approximate surface area is 101 Å². The first-order valence-electron chi connectivity index (χ1n) is 5.75. The van der Waals surface area contributed by atoms with E-state index in [-0.39, 0.29) is 5.91 Å². The molecule has 0 aliphatic carbocycles. The number of aromatic nitrogens is 2. The molecule has 1 aromatic rings. The molecule has 1 aliphatic heterocycles. The predicted octanol–water partition coefficient (Wildman–Crippen LogP) is 0.187. The van der Waals surface area contributed by atoms with E-state index in [1.807, 2.05) is 24.9 Å². The topological polar surface area (TPSA) is 61.4 Å². The number of carbonyl (C=O) groups is 1. The summed E-state index contributed by atoms with van der Waals surface area (Å²) < 4.78 is 0. The number of hydrogen-bond donors (Lipinski definition) is 1. The van der Waals surface area contributed by atoms with Crippen molar-refractivity contribution in [3.63, 3.8) is 0 Å². The molecular formula is C11H17N5O. The molecule has 0 spiro atoms. The van der Waals surface area contributed by atoms with Crippen molar-refractivity contribution in [1.82, 2.24) is 14.9 Å². The summed E-state index contributed by atoms with van der Waals surface area (Å²) in [6, 6.07) is 1.88. The lowest BCUT2D eigenvalue weighted by atomic mass is 10.3. The number of hydrogen-bond acceptors (Lipinski definition) is 5. The van der Waals surface area contributed by atoms with Gasteiger partial charge in [-0.3, -0.25) is 4.79 Å². The number of nitrogens with zero attached hydrogens (tertiary/aromatic N) is 4. The maximum Gasteiger partial charge on any atom is 0.241 e. The van der Waals surface area contributed by atoms with Gasteiger partial charge in [-0.25, -0.2) is 9.97 Å². The molecule has 0 aromatic carbocycles. The Kier molecular flexibility index (Phi) is 3.41. The maximum absolute atomic E-state index is 11.6. The zero-order valence-electron chi connectivity index (χ0n) is 10.2. The Bertz CT molecular complexity index is 409. The van der Waals surface area contributed by atoms with Gasteiger partial charge in [0.2, 0.25) is 5.91 Å². The van der Waals surface area contributed by atoms with Gasteiger partial charge >= 0.3 is 0 Å². The molecule has 0 radical (unpaired) electrons. The second-order valence-corrected chi connectivity index (χ2v) is 4.03. The van der Waals surface area contributed by atoms with Crippen molar-refractivity contribution in [2.24, 2.45) is 0 Å². The largest absolute Gasteiger partial charge is 0.370 e. The van der Waals surface area contributed by atoms with Crippen LogP contribution in [0.4, 0.5) is 11.6 Å². The van der Waals surface area contributed by atoms with E-state index in [0.29, 0.717) is 6.54 Å². The zero-order chi connectivity index (χ0) is 12.3. The standard InChI is InChI=1S/C11H17N5O/c1-3-12-9-6-10(14-8-13-9)16-5-4-15(2)11(17)7-16/h6,8H,3-5,7H2,1-2H3,(H,12,13,14). The van der Waals surface area contributed by atoms with Gasteiger partial charge in [-0.05, 0) is 6.92 Å². The number of anilines is 2. The quantitative estimate of drug-likeness (QED) is 0.810. The first kappa shape index (κ1) is 11.6. The van der Waals surface area contributed by atoms with Crippen LogP contribution in [-0.2, 0) is 4.79 Å². The Hall–Kier alpha value is -1.85. The van der Waals surface area contributed by atoms with Gasteiger partial charge in [0, 0.05) is 32.7 Å². The number of nitrogens with one attached hydrogen (secondary N) is 1. The normalized spacial score (nSPS) is 16.2. The molecule has 92 valence electrons. The fourth-order valence-corrected chi connectivity index (χ4v) is 1.75. The molecule has 0 saturated carbocycles. The smallest absolute Gasteiger partial charge is 0.241 e. The molecular weight excluding hydrogens is 218 g/mol. The van der Waals surface area contributed by atoms with E-state index < -0.39 is 0 Å². The fourth-order valence-electron chi connectivity index (χ4n) is 1.75. The van der Waals surface area contributed by atoms with Crippen LogP contribution in [0.25, 0.3) is 0 Å². The average molecular weight is 235 g/mol. The molecule has 1 aliphatic rings. The number of amides is 1. The van der Waals surface area contributed by atoms with Crippen LogP contribution in [0.3, 0.4) is 0 Å². The summed E-state index contributed by atoms with van der Waals surface area (Å²) in [6.07, 6.45) is 1.52. The second-order valence-electron chi connectivity index (χ2n) is 4.03. The third-order valence-corrected chi connectivity index (χ3v) is 2.79. The van der Waals surface area contributed by atoms with Crippen LogP contribution in [0.5, 0.6) is 0 Å². The molecule has 2 rings (SSSR count). The molecule has 0 unspecified atom stereocenters. The van der Waals surface area contributed by atoms with Gasteiger partial charge in [0.15, 0.2) is 0 Å². The van der Waals surface area contributed by atoms with Crippen molar-refractivity contribution in [2.45, 2.75) is 6.92 Å². The summed E-state index contributed by atoms with van der Waals surface area (Å²) >= 11 is 0. The molecule has 0 atom stereocenters. The molecule has 1 aromatic heterocycles. The van der Waals surface area contributed by atoms with Gasteiger partial charge in [-0.1, -0.05) is 0 Å². The Morgan fingerprint density at radius 1 is 1.41 bits per heavy atom. The first-order chi connectivity index (χ1) is 8.20. The van der Waals surface area contributed by atoms with Gasteiger partial charge in [0.05, 0.1) is 6.54 Å². The van der Waals surface area contributed by atoms with E-state index in [4.69, 9.17) is 0 Å². The van der Waals surface area contributed by atoms with Crippen LogP contribution < -0.4 is 10.2 Å². The van der Waals surface area contributed by atoms with Crippen molar-refractivity contribution >= 4 is 17.5 Å². The van der Waals surface area contributed by atoms with Gasteiger partial charge in [0.25, 0.3) is 0 Å². The van der Waals surface area contributed by atoms with E-state index in [9.17, 15) is 4.79 Å². The van der Waals surface area contributed by atoms with Gasteiger partial charge in [0.1, 0.15) is 18.0 Å². The molecule has 1 N–H and O–H groups in total. The highest BCUT2D eigenvalue weighted by atomic mass is 16.2. The van der Waals surface area contributed by atoms with Crippen LogP contribution in [0.15, 0.2) is 12.4 Å². The molecule has 2 heterocycles. The summed E-state index contributed by atoms with van der Waals surface area (Å²) in [5, 5.41) is 3.13. The summed E-state index contributed by atoms with van der Waals surface area (Å²) in [5.74, 6) is 1.72. The lowest BCUT2D eigenvalue weighted by Crippen LogP contribution is -2.48. The van der Waals surface area contributed by atoms with E-state index >= 15 is 0 Å². The molecule has 1 fully saturated rings. The van der Waals surface area contributed by atoms with Crippen LogP contribution in [0.1, 0.15) is 6.92 Å². The predicted molar refractivity (Wildman–Crippen MR) is 66.0 cm³/mol. The maximum atomic E-state index is 11.6. The first-order valence-corrected chi connectivity index (χ1v) is 5.75. The van der Waals surface area contributed by atoms with Crippen LogP contribution in [0.2, 0.25) is 0 Å². The highest BCUT2D eigenvalue weighted by Crippen LogP contribution is 2.15. The third kappa shape index (κ3) is 2.64. The monoisotopic (exact) mass is 235 g/mol. The van der Waals surface area contributed by atoms with Crippen molar-refractivity contribution in [3.05, 3.63) is 12.4 Å². The minimum absolute atomic E-state index is 0.125.